The van der Waals surface area contributed by atoms with Gasteiger partial charge in [-0.2, -0.15) is 4.98 Å². The van der Waals surface area contributed by atoms with Crippen LogP contribution in [0.2, 0.25) is 0 Å². The van der Waals surface area contributed by atoms with Crippen LogP contribution in [0.15, 0.2) is 28.8 Å². The van der Waals surface area contributed by atoms with Gasteiger partial charge >= 0.3 is 0 Å². The highest BCUT2D eigenvalue weighted by Gasteiger charge is 2.11. The molecule has 1 heterocycles. The maximum absolute atomic E-state index is 5.65. The van der Waals surface area contributed by atoms with Gasteiger partial charge in [-0.05, 0) is 18.9 Å². The summed E-state index contributed by atoms with van der Waals surface area (Å²) in [5.74, 6) is 1.06. The summed E-state index contributed by atoms with van der Waals surface area (Å²) in [6.45, 7) is 3.94. The molecule has 2 aromatic rings. The highest BCUT2D eigenvalue weighted by atomic mass is 16.5. The average molecular weight is 217 g/mol. The first-order valence-corrected chi connectivity index (χ1v) is 5.39. The van der Waals surface area contributed by atoms with E-state index in [1.165, 1.54) is 5.56 Å². The van der Waals surface area contributed by atoms with E-state index in [9.17, 15) is 0 Å². The average Bonchev–Trinajstić information content (AvgIpc) is 2.78. The van der Waals surface area contributed by atoms with E-state index < -0.39 is 0 Å². The summed E-state index contributed by atoms with van der Waals surface area (Å²) in [5, 5.41) is 3.90. The van der Waals surface area contributed by atoms with Crippen LogP contribution in [-0.4, -0.2) is 10.1 Å². The van der Waals surface area contributed by atoms with Crippen molar-refractivity contribution in [1.29, 1.82) is 0 Å². The molecule has 2 N–H and O–H groups in total. The fourth-order valence-corrected chi connectivity index (χ4v) is 1.43. The lowest BCUT2D eigenvalue weighted by Crippen LogP contribution is -2.04. The van der Waals surface area contributed by atoms with E-state index in [2.05, 4.69) is 29.2 Å². The zero-order valence-corrected chi connectivity index (χ0v) is 9.47. The lowest BCUT2D eigenvalue weighted by Gasteiger charge is -1.97. The van der Waals surface area contributed by atoms with Crippen molar-refractivity contribution in [3.8, 4) is 11.4 Å². The predicted octanol–water partition coefficient (Wildman–Crippen LogP) is 2.32. The van der Waals surface area contributed by atoms with Crippen molar-refractivity contribution in [1.82, 2.24) is 10.1 Å². The van der Waals surface area contributed by atoms with E-state index in [0.29, 0.717) is 11.7 Å². The molecule has 84 valence electrons. The Kier molecular flexibility index (Phi) is 3.01. The largest absolute Gasteiger partial charge is 0.337 e. The third-order valence-electron chi connectivity index (χ3n) is 2.45. The van der Waals surface area contributed by atoms with Crippen molar-refractivity contribution in [2.45, 2.75) is 26.3 Å². The second kappa shape index (κ2) is 4.45. The summed E-state index contributed by atoms with van der Waals surface area (Å²) in [6, 6.07) is 7.90. The molecule has 0 fully saturated rings. The third kappa shape index (κ3) is 2.12. The van der Waals surface area contributed by atoms with Gasteiger partial charge in [0, 0.05) is 5.56 Å². The monoisotopic (exact) mass is 217 g/mol. The Bertz CT molecular complexity index is 459. The molecule has 0 bridgehead atoms. The minimum Gasteiger partial charge on any atom is -0.337 e. The molecule has 4 heteroatoms. The first-order valence-electron chi connectivity index (χ1n) is 5.39. The van der Waals surface area contributed by atoms with Crippen molar-refractivity contribution in [2.75, 3.05) is 0 Å². The molecule has 4 nitrogen and oxygen atoms in total. The van der Waals surface area contributed by atoms with Crippen LogP contribution in [-0.2, 0) is 6.42 Å². The van der Waals surface area contributed by atoms with Gasteiger partial charge in [-0.3, -0.25) is 0 Å². The molecule has 0 saturated heterocycles. The van der Waals surface area contributed by atoms with Gasteiger partial charge in [-0.15, -0.1) is 0 Å². The van der Waals surface area contributed by atoms with Crippen LogP contribution in [0, 0.1) is 0 Å². The van der Waals surface area contributed by atoms with Crippen molar-refractivity contribution < 1.29 is 4.52 Å². The van der Waals surface area contributed by atoms with Crippen LogP contribution in [0.1, 0.15) is 31.3 Å². The number of aryl methyl sites for hydroxylation is 1. The molecule has 0 aliphatic rings. The van der Waals surface area contributed by atoms with Crippen molar-refractivity contribution in [3.05, 3.63) is 35.7 Å². The maximum Gasteiger partial charge on any atom is 0.243 e. The van der Waals surface area contributed by atoms with Crippen LogP contribution in [0.4, 0.5) is 0 Å². The highest BCUT2D eigenvalue weighted by Crippen LogP contribution is 2.18. The summed E-state index contributed by atoms with van der Waals surface area (Å²) >= 11 is 0. The van der Waals surface area contributed by atoms with Crippen LogP contribution in [0.5, 0.6) is 0 Å². The molecule has 1 atom stereocenters. The number of rotatable bonds is 3. The lowest BCUT2D eigenvalue weighted by molar-refractivity contribution is 0.362. The summed E-state index contributed by atoms with van der Waals surface area (Å²) in [4.78, 5) is 4.23. The molecule has 16 heavy (non-hydrogen) atoms. The minimum absolute atomic E-state index is 0.226. The van der Waals surface area contributed by atoms with Crippen LogP contribution >= 0.6 is 0 Å². The Hall–Kier alpha value is -1.68. The van der Waals surface area contributed by atoms with E-state index in [-0.39, 0.29) is 6.04 Å². The standard InChI is InChI=1S/C12H15N3O/c1-3-9-4-6-10(7-5-9)11-14-12(8(2)13)16-15-11/h4-8H,3,13H2,1-2H3/t8-/m0/s1. The second-order valence-electron chi connectivity index (χ2n) is 3.80. The molecule has 2 rings (SSSR count). The number of hydrogen-bond donors (Lipinski definition) is 1. The summed E-state index contributed by atoms with van der Waals surface area (Å²) < 4.78 is 5.05. The maximum atomic E-state index is 5.65. The topological polar surface area (TPSA) is 64.9 Å². The van der Waals surface area contributed by atoms with E-state index in [4.69, 9.17) is 10.3 Å². The molecule has 0 aliphatic heterocycles. The number of aromatic nitrogens is 2. The summed E-state index contributed by atoms with van der Waals surface area (Å²) in [5.41, 5.74) is 7.90. The molecule has 0 amide bonds. The van der Waals surface area contributed by atoms with Crippen LogP contribution in [0.25, 0.3) is 11.4 Å². The summed E-state index contributed by atoms with van der Waals surface area (Å²) in [6.07, 6.45) is 1.03. The summed E-state index contributed by atoms with van der Waals surface area (Å²) in [7, 11) is 0. The Morgan fingerprint density at radius 2 is 2.00 bits per heavy atom. The lowest BCUT2D eigenvalue weighted by atomic mass is 10.1. The van der Waals surface area contributed by atoms with Gasteiger partial charge in [0.15, 0.2) is 0 Å². The van der Waals surface area contributed by atoms with E-state index in [0.717, 1.165) is 12.0 Å². The zero-order valence-electron chi connectivity index (χ0n) is 9.47. The van der Waals surface area contributed by atoms with Gasteiger partial charge in [0.1, 0.15) is 0 Å². The van der Waals surface area contributed by atoms with Crippen LogP contribution < -0.4 is 5.73 Å². The van der Waals surface area contributed by atoms with Crippen molar-refractivity contribution in [3.63, 3.8) is 0 Å². The minimum atomic E-state index is -0.226. The van der Waals surface area contributed by atoms with Gasteiger partial charge in [0.25, 0.3) is 0 Å². The van der Waals surface area contributed by atoms with Crippen LogP contribution in [0.3, 0.4) is 0 Å². The van der Waals surface area contributed by atoms with Crippen molar-refractivity contribution >= 4 is 0 Å². The Balaban J connectivity index is 2.28. The number of hydrogen-bond acceptors (Lipinski definition) is 4. The number of nitrogens with zero attached hydrogens (tertiary/aromatic N) is 2. The molecule has 0 unspecified atom stereocenters. The molecule has 1 aromatic heterocycles. The molecule has 0 radical (unpaired) electrons. The predicted molar refractivity (Wildman–Crippen MR) is 61.7 cm³/mol. The Labute approximate surface area is 94.5 Å². The van der Waals surface area contributed by atoms with E-state index in [1.807, 2.05) is 19.1 Å². The SMILES string of the molecule is CCc1ccc(-c2noc([C@H](C)N)n2)cc1. The number of nitrogens with two attached hydrogens (primary N) is 1. The molecular weight excluding hydrogens is 202 g/mol. The molecule has 0 saturated carbocycles. The van der Waals surface area contributed by atoms with Gasteiger partial charge in [-0.1, -0.05) is 36.3 Å². The van der Waals surface area contributed by atoms with Gasteiger partial charge < -0.3 is 10.3 Å². The van der Waals surface area contributed by atoms with E-state index in [1.54, 1.807) is 0 Å². The quantitative estimate of drug-likeness (QED) is 0.856. The highest BCUT2D eigenvalue weighted by molar-refractivity contribution is 5.54. The van der Waals surface area contributed by atoms with Crippen molar-refractivity contribution in [2.24, 2.45) is 5.73 Å². The first kappa shape index (κ1) is 10.8. The molecule has 0 aliphatic carbocycles. The normalized spacial score (nSPS) is 12.7. The number of benzene rings is 1. The van der Waals surface area contributed by atoms with Gasteiger partial charge in [0.2, 0.25) is 11.7 Å². The van der Waals surface area contributed by atoms with Gasteiger partial charge in [0.05, 0.1) is 6.04 Å². The third-order valence-corrected chi connectivity index (χ3v) is 2.45. The molecule has 1 aromatic carbocycles. The van der Waals surface area contributed by atoms with Gasteiger partial charge in [-0.25, -0.2) is 0 Å². The fraction of sp³-hybridized carbons (Fsp3) is 0.333. The second-order valence-corrected chi connectivity index (χ2v) is 3.80. The smallest absolute Gasteiger partial charge is 0.243 e. The Morgan fingerprint density at radius 3 is 2.50 bits per heavy atom. The molecular formula is C12H15N3O. The fourth-order valence-electron chi connectivity index (χ4n) is 1.43. The first-order chi connectivity index (χ1) is 7.70. The van der Waals surface area contributed by atoms with E-state index >= 15 is 0 Å². The Morgan fingerprint density at radius 1 is 1.31 bits per heavy atom. The zero-order chi connectivity index (χ0) is 11.5. The molecule has 0 spiro atoms.